The highest BCUT2D eigenvalue weighted by Crippen LogP contribution is 2.29. The van der Waals surface area contributed by atoms with E-state index in [1.807, 2.05) is 48.1 Å². The lowest BCUT2D eigenvalue weighted by atomic mass is 9.96. The van der Waals surface area contributed by atoms with E-state index in [9.17, 15) is 4.79 Å². The first-order valence-corrected chi connectivity index (χ1v) is 9.25. The molecular weight excluding hydrogens is 340 g/mol. The molecule has 0 atom stereocenters. The van der Waals surface area contributed by atoms with Crippen LogP contribution in [0.1, 0.15) is 30.5 Å². The number of hydrogen-bond donors (Lipinski definition) is 0. The molecule has 4 aromatic heterocycles. The topological polar surface area (TPSA) is 61.4 Å². The van der Waals surface area contributed by atoms with Gasteiger partial charge in [-0.3, -0.25) is 9.78 Å². The molecule has 4 heterocycles. The normalized spacial score (nSPS) is 14.6. The number of nitrogens with zero attached hydrogens (tertiary/aromatic N) is 4. The van der Waals surface area contributed by atoms with Crippen molar-refractivity contribution >= 4 is 16.4 Å². The number of fused-ring (bicyclic) bond motifs is 2. The number of aryl methyl sites for hydroxylation is 1. The van der Waals surface area contributed by atoms with Crippen LogP contribution in [-0.4, -0.2) is 25.0 Å². The standard InChI is InChI=1S/C21H20N4O2/c1-14-5-6-20-23-15(13-25(20)11-14)12-24-8-7-17-18(21(24)26)9-22-10-19(17)27-16-3-2-4-16/h5-11,13,16H,2-4,12H2,1H3. The molecule has 27 heavy (non-hydrogen) atoms. The number of ether oxygens (including phenoxy) is 1. The van der Waals surface area contributed by atoms with E-state index in [1.165, 1.54) is 12.0 Å². The summed E-state index contributed by atoms with van der Waals surface area (Å²) in [6, 6.07) is 5.95. The van der Waals surface area contributed by atoms with Crippen molar-refractivity contribution in [2.24, 2.45) is 0 Å². The van der Waals surface area contributed by atoms with Crippen LogP contribution in [0.5, 0.6) is 5.75 Å². The van der Waals surface area contributed by atoms with Crippen LogP contribution in [0, 0.1) is 6.92 Å². The number of rotatable bonds is 4. The van der Waals surface area contributed by atoms with Crippen LogP contribution in [0.25, 0.3) is 16.4 Å². The maximum absolute atomic E-state index is 13.0. The van der Waals surface area contributed by atoms with Gasteiger partial charge >= 0.3 is 0 Å². The lowest BCUT2D eigenvalue weighted by Crippen LogP contribution is -2.25. The fourth-order valence-electron chi connectivity index (χ4n) is 3.47. The average Bonchev–Trinajstić information content (AvgIpc) is 3.02. The first-order valence-electron chi connectivity index (χ1n) is 9.25. The van der Waals surface area contributed by atoms with Crippen LogP contribution in [0.4, 0.5) is 0 Å². The third-order valence-electron chi connectivity index (χ3n) is 5.19. The van der Waals surface area contributed by atoms with Gasteiger partial charge in [0.1, 0.15) is 11.4 Å². The molecule has 6 heteroatoms. The molecule has 0 N–H and O–H groups in total. The van der Waals surface area contributed by atoms with Gasteiger partial charge in [-0.1, -0.05) is 6.07 Å². The highest BCUT2D eigenvalue weighted by atomic mass is 16.5. The van der Waals surface area contributed by atoms with Crippen molar-refractivity contribution in [3.8, 4) is 5.75 Å². The lowest BCUT2D eigenvalue weighted by Gasteiger charge is -2.26. The Kier molecular flexibility index (Phi) is 3.70. The van der Waals surface area contributed by atoms with Gasteiger partial charge in [-0.2, -0.15) is 0 Å². The summed E-state index contributed by atoms with van der Waals surface area (Å²) in [6.45, 7) is 2.46. The molecule has 0 amide bonds. The molecule has 0 unspecified atom stereocenters. The number of aromatic nitrogens is 4. The van der Waals surface area contributed by atoms with Crippen molar-refractivity contribution < 1.29 is 4.74 Å². The first kappa shape index (κ1) is 16.1. The van der Waals surface area contributed by atoms with E-state index in [4.69, 9.17) is 4.74 Å². The average molecular weight is 360 g/mol. The monoisotopic (exact) mass is 360 g/mol. The number of hydrogen-bond acceptors (Lipinski definition) is 4. The quantitative estimate of drug-likeness (QED) is 0.560. The van der Waals surface area contributed by atoms with Gasteiger partial charge in [0.05, 0.1) is 29.9 Å². The van der Waals surface area contributed by atoms with Crippen molar-refractivity contribution in [3.63, 3.8) is 0 Å². The molecule has 4 aromatic rings. The van der Waals surface area contributed by atoms with Crippen molar-refractivity contribution in [1.82, 2.24) is 18.9 Å². The second-order valence-corrected chi connectivity index (χ2v) is 7.22. The maximum atomic E-state index is 13.0. The molecule has 0 aliphatic heterocycles. The van der Waals surface area contributed by atoms with Crippen LogP contribution in [0.3, 0.4) is 0 Å². The first-order chi connectivity index (χ1) is 13.2. The van der Waals surface area contributed by atoms with E-state index in [0.29, 0.717) is 17.7 Å². The second-order valence-electron chi connectivity index (χ2n) is 7.22. The van der Waals surface area contributed by atoms with Crippen LogP contribution in [0.2, 0.25) is 0 Å². The van der Waals surface area contributed by atoms with Gasteiger partial charge in [-0.05, 0) is 43.9 Å². The Morgan fingerprint density at radius 1 is 1.15 bits per heavy atom. The van der Waals surface area contributed by atoms with Gasteiger partial charge in [0.15, 0.2) is 0 Å². The third kappa shape index (κ3) is 2.87. The summed E-state index contributed by atoms with van der Waals surface area (Å²) in [5.41, 5.74) is 2.81. The minimum absolute atomic E-state index is 0.0766. The molecule has 0 radical (unpaired) electrons. The molecule has 0 bridgehead atoms. The fraction of sp³-hybridized carbons (Fsp3) is 0.286. The molecule has 0 spiro atoms. The van der Waals surface area contributed by atoms with Gasteiger partial charge in [-0.15, -0.1) is 0 Å². The van der Waals surface area contributed by atoms with Crippen LogP contribution in [0.15, 0.2) is 54.0 Å². The zero-order valence-corrected chi connectivity index (χ0v) is 15.1. The van der Waals surface area contributed by atoms with Gasteiger partial charge in [0, 0.05) is 30.2 Å². The van der Waals surface area contributed by atoms with Crippen LogP contribution < -0.4 is 10.3 Å². The van der Waals surface area contributed by atoms with Crippen molar-refractivity contribution in [2.45, 2.75) is 38.8 Å². The minimum Gasteiger partial charge on any atom is -0.488 e. The summed E-state index contributed by atoms with van der Waals surface area (Å²) >= 11 is 0. The molecule has 0 saturated heterocycles. The van der Waals surface area contributed by atoms with Gasteiger partial charge in [0.25, 0.3) is 5.56 Å². The molecule has 5 rings (SSSR count). The Morgan fingerprint density at radius 3 is 2.85 bits per heavy atom. The molecular formula is C21H20N4O2. The van der Waals surface area contributed by atoms with Crippen molar-refractivity contribution in [3.05, 3.63) is 70.8 Å². The van der Waals surface area contributed by atoms with E-state index in [1.54, 1.807) is 17.0 Å². The van der Waals surface area contributed by atoms with Crippen LogP contribution in [-0.2, 0) is 6.54 Å². The zero-order valence-electron chi connectivity index (χ0n) is 15.1. The molecule has 0 aromatic carbocycles. The Labute approximate surface area is 156 Å². The van der Waals surface area contributed by atoms with E-state index in [2.05, 4.69) is 9.97 Å². The number of imidazole rings is 1. The Bertz CT molecular complexity index is 1200. The van der Waals surface area contributed by atoms with E-state index in [-0.39, 0.29) is 11.7 Å². The molecule has 1 fully saturated rings. The maximum Gasteiger partial charge on any atom is 0.260 e. The molecule has 1 aliphatic carbocycles. The lowest BCUT2D eigenvalue weighted by molar-refractivity contribution is 0.121. The molecule has 6 nitrogen and oxygen atoms in total. The molecule has 1 saturated carbocycles. The van der Waals surface area contributed by atoms with Crippen molar-refractivity contribution in [1.29, 1.82) is 0 Å². The Hall–Kier alpha value is -3.15. The summed E-state index contributed by atoms with van der Waals surface area (Å²) in [5.74, 6) is 0.699. The summed E-state index contributed by atoms with van der Waals surface area (Å²) in [5, 5.41) is 1.40. The van der Waals surface area contributed by atoms with Gasteiger partial charge in [-0.25, -0.2) is 4.98 Å². The predicted octanol–water partition coefficient (Wildman–Crippen LogP) is 3.33. The van der Waals surface area contributed by atoms with Crippen LogP contribution >= 0.6 is 0 Å². The Morgan fingerprint density at radius 2 is 2.04 bits per heavy atom. The molecule has 136 valence electrons. The fourth-order valence-corrected chi connectivity index (χ4v) is 3.47. The smallest absolute Gasteiger partial charge is 0.260 e. The SMILES string of the molecule is Cc1ccc2nc(Cn3ccc4c(OC5CCC5)cncc4c3=O)cn2c1. The van der Waals surface area contributed by atoms with Gasteiger partial charge < -0.3 is 13.7 Å². The third-order valence-corrected chi connectivity index (χ3v) is 5.19. The second kappa shape index (κ2) is 6.23. The van der Waals surface area contributed by atoms with E-state index >= 15 is 0 Å². The Balaban J connectivity index is 1.51. The summed E-state index contributed by atoms with van der Waals surface area (Å²) < 4.78 is 9.66. The van der Waals surface area contributed by atoms with E-state index < -0.39 is 0 Å². The van der Waals surface area contributed by atoms with Gasteiger partial charge in [0.2, 0.25) is 0 Å². The number of pyridine rings is 3. The zero-order chi connectivity index (χ0) is 18.4. The summed E-state index contributed by atoms with van der Waals surface area (Å²) in [6.07, 6.45) is 12.7. The van der Waals surface area contributed by atoms with Crippen molar-refractivity contribution in [2.75, 3.05) is 0 Å². The van der Waals surface area contributed by atoms with E-state index in [0.717, 1.165) is 29.6 Å². The summed E-state index contributed by atoms with van der Waals surface area (Å²) in [7, 11) is 0. The largest absolute Gasteiger partial charge is 0.488 e. The molecule has 1 aliphatic rings. The predicted molar refractivity (Wildman–Crippen MR) is 103 cm³/mol. The summed E-state index contributed by atoms with van der Waals surface area (Å²) in [4.78, 5) is 21.8. The minimum atomic E-state index is -0.0766. The highest BCUT2D eigenvalue weighted by molar-refractivity contribution is 5.86. The highest BCUT2D eigenvalue weighted by Gasteiger charge is 2.20.